The van der Waals surface area contributed by atoms with Crippen LogP contribution in [0.15, 0.2) is 29.1 Å². The highest BCUT2D eigenvalue weighted by Gasteiger charge is 2.22. The van der Waals surface area contributed by atoms with Crippen LogP contribution >= 0.6 is 11.6 Å². The Kier molecular flexibility index (Phi) is 4.81. The minimum atomic E-state index is -3.98. The lowest BCUT2D eigenvalue weighted by molar-refractivity contribution is 0.0686. The Morgan fingerprint density at radius 3 is 2.46 bits per heavy atom. The van der Waals surface area contributed by atoms with Crippen molar-refractivity contribution in [3.8, 4) is 5.75 Å². The fraction of sp³-hybridized carbons (Fsp3) is 0.154. The van der Waals surface area contributed by atoms with E-state index in [0.29, 0.717) is 15.2 Å². The molecule has 2 aromatic rings. The SMILES string of the molecule is Cn1c(NS(=O)(=O)Cc2ccc(Cl)cc2)nc(C(=O)O)c(O)c1=O. The fourth-order valence-corrected chi connectivity index (χ4v) is 3.10. The molecule has 3 N–H and O–H groups in total. The number of nitrogens with zero attached hydrogens (tertiary/aromatic N) is 2. The number of nitrogens with one attached hydrogen (secondary N) is 1. The molecule has 0 saturated carbocycles. The number of aromatic hydroxyl groups is 1. The van der Waals surface area contributed by atoms with Gasteiger partial charge in [-0.05, 0) is 17.7 Å². The van der Waals surface area contributed by atoms with Crippen molar-refractivity contribution in [2.45, 2.75) is 5.75 Å². The van der Waals surface area contributed by atoms with Crippen molar-refractivity contribution in [2.75, 3.05) is 4.72 Å². The van der Waals surface area contributed by atoms with E-state index in [9.17, 15) is 23.1 Å². The first-order valence-corrected chi connectivity index (χ1v) is 8.42. The smallest absolute Gasteiger partial charge is 0.358 e. The summed E-state index contributed by atoms with van der Waals surface area (Å²) in [6.07, 6.45) is 0. The van der Waals surface area contributed by atoms with E-state index in [2.05, 4.69) is 4.98 Å². The Labute approximate surface area is 141 Å². The predicted octanol–water partition coefficient (Wildman–Crippen LogP) is 0.779. The minimum Gasteiger partial charge on any atom is -0.501 e. The van der Waals surface area contributed by atoms with Crippen LogP contribution in [0.2, 0.25) is 5.02 Å². The van der Waals surface area contributed by atoms with E-state index in [4.69, 9.17) is 16.7 Å². The van der Waals surface area contributed by atoms with Crippen molar-refractivity contribution in [1.29, 1.82) is 0 Å². The maximum atomic E-state index is 12.2. The quantitative estimate of drug-likeness (QED) is 0.703. The van der Waals surface area contributed by atoms with E-state index in [-0.39, 0.29) is 0 Å². The standard InChI is InChI=1S/C13H12ClN3O6S/c1-17-11(19)10(18)9(12(20)21)15-13(17)16-24(22,23)6-7-2-4-8(14)5-3-7/h2-5,18H,6H2,1H3,(H,15,16)(H,20,21). The molecule has 0 bridgehead atoms. The molecular formula is C13H12ClN3O6S. The van der Waals surface area contributed by atoms with Crippen LogP contribution in [0.25, 0.3) is 0 Å². The fourth-order valence-electron chi connectivity index (χ4n) is 1.81. The molecule has 0 saturated heterocycles. The number of carboxylic acids is 1. The maximum Gasteiger partial charge on any atom is 0.358 e. The lowest BCUT2D eigenvalue weighted by atomic mass is 10.2. The zero-order valence-electron chi connectivity index (χ0n) is 12.2. The molecule has 0 aliphatic carbocycles. The summed E-state index contributed by atoms with van der Waals surface area (Å²) >= 11 is 5.72. The summed E-state index contributed by atoms with van der Waals surface area (Å²) in [4.78, 5) is 26.2. The minimum absolute atomic E-state index is 0.425. The van der Waals surface area contributed by atoms with Crippen molar-refractivity contribution < 1.29 is 23.4 Å². The molecular weight excluding hydrogens is 362 g/mol. The van der Waals surface area contributed by atoms with Gasteiger partial charge in [0.05, 0.1) is 5.75 Å². The number of carbonyl (C=O) groups is 1. The third-order valence-electron chi connectivity index (χ3n) is 2.99. The predicted molar refractivity (Wildman–Crippen MR) is 85.8 cm³/mol. The van der Waals surface area contributed by atoms with Crippen LogP contribution in [0.5, 0.6) is 5.75 Å². The van der Waals surface area contributed by atoms with E-state index in [1.165, 1.54) is 24.3 Å². The van der Waals surface area contributed by atoms with Crippen LogP contribution in [0.4, 0.5) is 5.95 Å². The number of carboxylic acid groups (broad SMARTS) is 1. The van der Waals surface area contributed by atoms with Crippen LogP contribution < -0.4 is 10.3 Å². The second-order valence-electron chi connectivity index (χ2n) is 4.79. The van der Waals surface area contributed by atoms with E-state index >= 15 is 0 Å². The van der Waals surface area contributed by atoms with Gasteiger partial charge in [-0.3, -0.25) is 14.1 Å². The molecule has 11 heteroatoms. The van der Waals surface area contributed by atoms with Crippen LogP contribution in [0.3, 0.4) is 0 Å². The number of rotatable bonds is 5. The Morgan fingerprint density at radius 1 is 1.33 bits per heavy atom. The molecule has 2 rings (SSSR count). The lowest BCUT2D eigenvalue weighted by Gasteiger charge is -2.12. The summed E-state index contributed by atoms with van der Waals surface area (Å²) in [5, 5.41) is 18.8. The molecule has 0 amide bonds. The average Bonchev–Trinajstić information content (AvgIpc) is 2.49. The second-order valence-corrected chi connectivity index (χ2v) is 6.95. The Balaban J connectivity index is 2.37. The van der Waals surface area contributed by atoms with Crippen molar-refractivity contribution >= 4 is 33.5 Å². The van der Waals surface area contributed by atoms with Crippen LogP contribution in [0, 0.1) is 0 Å². The molecule has 0 unspecified atom stereocenters. The Hall–Kier alpha value is -2.59. The van der Waals surface area contributed by atoms with Gasteiger partial charge in [-0.25, -0.2) is 18.2 Å². The van der Waals surface area contributed by atoms with Gasteiger partial charge in [0, 0.05) is 12.1 Å². The molecule has 0 atom stereocenters. The highest BCUT2D eigenvalue weighted by Crippen LogP contribution is 2.16. The molecule has 1 aromatic carbocycles. The van der Waals surface area contributed by atoms with Gasteiger partial charge in [0.15, 0.2) is 5.69 Å². The van der Waals surface area contributed by atoms with Crippen LogP contribution in [-0.4, -0.2) is 34.2 Å². The lowest BCUT2D eigenvalue weighted by Crippen LogP contribution is -2.27. The van der Waals surface area contributed by atoms with Gasteiger partial charge in [0.1, 0.15) is 0 Å². The highest BCUT2D eigenvalue weighted by atomic mass is 35.5. The summed E-state index contributed by atoms with van der Waals surface area (Å²) in [6.45, 7) is 0. The number of hydrogen-bond acceptors (Lipinski definition) is 6. The molecule has 1 aromatic heterocycles. The number of hydrogen-bond donors (Lipinski definition) is 3. The van der Waals surface area contributed by atoms with Gasteiger partial charge in [0.25, 0.3) is 5.56 Å². The van der Waals surface area contributed by atoms with E-state index < -0.39 is 44.7 Å². The average molecular weight is 374 g/mol. The Morgan fingerprint density at radius 2 is 1.92 bits per heavy atom. The highest BCUT2D eigenvalue weighted by molar-refractivity contribution is 7.91. The number of halogens is 1. The zero-order valence-corrected chi connectivity index (χ0v) is 13.8. The molecule has 1 heterocycles. The summed E-state index contributed by atoms with van der Waals surface area (Å²) in [5.74, 6) is -3.71. The van der Waals surface area contributed by atoms with Gasteiger partial charge in [-0.1, -0.05) is 23.7 Å². The molecule has 9 nitrogen and oxygen atoms in total. The molecule has 24 heavy (non-hydrogen) atoms. The molecule has 0 aliphatic rings. The molecule has 0 aliphatic heterocycles. The first kappa shape index (κ1) is 17.8. The first-order chi connectivity index (χ1) is 11.1. The first-order valence-electron chi connectivity index (χ1n) is 6.39. The van der Waals surface area contributed by atoms with Gasteiger partial charge in [-0.15, -0.1) is 0 Å². The van der Waals surface area contributed by atoms with Crippen molar-refractivity contribution in [1.82, 2.24) is 9.55 Å². The van der Waals surface area contributed by atoms with Gasteiger partial charge in [-0.2, -0.15) is 0 Å². The summed E-state index contributed by atoms with van der Waals surface area (Å²) in [5.41, 5.74) is -1.61. The van der Waals surface area contributed by atoms with Gasteiger partial charge in [0.2, 0.25) is 21.7 Å². The van der Waals surface area contributed by atoms with E-state index in [0.717, 1.165) is 7.05 Å². The largest absolute Gasteiger partial charge is 0.501 e. The van der Waals surface area contributed by atoms with Gasteiger partial charge >= 0.3 is 5.97 Å². The molecule has 0 spiro atoms. The summed E-state index contributed by atoms with van der Waals surface area (Å²) in [7, 11) is -2.85. The molecule has 0 radical (unpaired) electrons. The normalized spacial score (nSPS) is 11.2. The topological polar surface area (TPSA) is 139 Å². The molecule has 0 fully saturated rings. The Bertz CT molecular complexity index is 953. The number of sulfonamides is 1. The van der Waals surface area contributed by atoms with E-state index in [1.807, 2.05) is 4.72 Å². The van der Waals surface area contributed by atoms with Crippen molar-refractivity contribution in [3.63, 3.8) is 0 Å². The number of aromatic carboxylic acids is 1. The maximum absolute atomic E-state index is 12.2. The van der Waals surface area contributed by atoms with Crippen LogP contribution in [-0.2, 0) is 22.8 Å². The number of benzene rings is 1. The van der Waals surface area contributed by atoms with E-state index in [1.54, 1.807) is 0 Å². The number of aromatic nitrogens is 2. The monoisotopic (exact) mass is 373 g/mol. The zero-order chi connectivity index (χ0) is 18.1. The third-order valence-corrected chi connectivity index (χ3v) is 4.45. The third kappa shape index (κ3) is 3.84. The van der Waals surface area contributed by atoms with Crippen LogP contribution in [0.1, 0.15) is 16.1 Å². The summed E-state index contributed by atoms with van der Waals surface area (Å²) in [6, 6.07) is 6.05. The molecule has 128 valence electrons. The van der Waals surface area contributed by atoms with Gasteiger partial charge < -0.3 is 10.2 Å². The van der Waals surface area contributed by atoms with Crippen molar-refractivity contribution in [3.05, 3.63) is 50.9 Å². The second kappa shape index (κ2) is 6.49. The summed E-state index contributed by atoms with van der Waals surface area (Å²) < 4.78 is 27.1. The van der Waals surface area contributed by atoms with Crippen molar-refractivity contribution in [2.24, 2.45) is 7.05 Å². The number of anilines is 1.